The van der Waals surface area contributed by atoms with Gasteiger partial charge in [-0.15, -0.1) is 24.0 Å². The molecule has 0 aliphatic heterocycles. The van der Waals surface area contributed by atoms with Gasteiger partial charge in [0.2, 0.25) is 0 Å². The number of hydrogen-bond donors (Lipinski definition) is 0. The van der Waals surface area contributed by atoms with Crippen molar-refractivity contribution in [3.8, 4) is 5.69 Å². The average Bonchev–Trinajstić information content (AvgIpc) is 2.75. The molecule has 0 unspecified atom stereocenters. The number of rotatable bonds is 3. The van der Waals surface area contributed by atoms with Crippen LogP contribution in [0.25, 0.3) is 5.69 Å². The molecule has 23 heavy (non-hydrogen) atoms. The van der Waals surface area contributed by atoms with E-state index < -0.39 is 0 Å². The normalized spacial score (nSPS) is 10.0. The summed E-state index contributed by atoms with van der Waals surface area (Å²) in [7, 11) is 8.02. The molecule has 2 rings (SSSR count). The molecule has 1 heterocycles. The highest BCUT2D eigenvalue weighted by Crippen LogP contribution is 2.18. The summed E-state index contributed by atoms with van der Waals surface area (Å²) in [5.41, 5.74) is 4.44. The second-order valence-corrected chi connectivity index (χ2v) is 5.80. The number of aryl methyl sites for hydroxylation is 1. The van der Waals surface area contributed by atoms with E-state index in [1.54, 1.807) is 0 Å². The summed E-state index contributed by atoms with van der Waals surface area (Å²) in [5, 5.41) is 4.67. The molecule has 126 valence electrons. The van der Waals surface area contributed by atoms with Crippen LogP contribution in [0.1, 0.15) is 17.0 Å². The number of benzene rings is 1. The predicted molar refractivity (Wildman–Crippen MR) is 107 cm³/mol. The molecular weight excluding hydrogens is 401 g/mol. The maximum Gasteiger partial charge on any atom is 0.195 e. The van der Waals surface area contributed by atoms with Crippen molar-refractivity contribution in [2.75, 3.05) is 28.2 Å². The fourth-order valence-corrected chi connectivity index (χ4v) is 2.56. The van der Waals surface area contributed by atoms with Crippen molar-refractivity contribution in [3.63, 3.8) is 0 Å². The minimum atomic E-state index is 0. The topological polar surface area (TPSA) is 36.7 Å². The zero-order valence-corrected chi connectivity index (χ0v) is 17.1. The van der Waals surface area contributed by atoms with Crippen LogP contribution < -0.4 is 0 Å². The lowest BCUT2D eigenvalue weighted by Gasteiger charge is -2.22. The second-order valence-electron chi connectivity index (χ2n) is 5.80. The van der Waals surface area contributed by atoms with Crippen LogP contribution >= 0.6 is 24.0 Å². The summed E-state index contributed by atoms with van der Waals surface area (Å²) in [6.07, 6.45) is 0. The Morgan fingerprint density at radius 2 is 1.61 bits per heavy atom. The van der Waals surface area contributed by atoms with Gasteiger partial charge in [-0.05, 0) is 26.0 Å². The molecule has 0 saturated carbocycles. The van der Waals surface area contributed by atoms with Gasteiger partial charge in [0, 0.05) is 39.4 Å². The largest absolute Gasteiger partial charge is 0.349 e. The second kappa shape index (κ2) is 8.33. The van der Waals surface area contributed by atoms with Crippen molar-refractivity contribution in [2.45, 2.75) is 20.4 Å². The highest BCUT2D eigenvalue weighted by Gasteiger charge is 2.13. The fraction of sp³-hybridized carbons (Fsp3) is 0.412. The Labute approximate surface area is 156 Å². The first-order chi connectivity index (χ1) is 10.4. The van der Waals surface area contributed by atoms with E-state index in [9.17, 15) is 0 Å². The third-order valence-electron chi connectivity index (χ3n) is 3.62. The molecule has 0 aliphatic carbocycles. The van der Waals surface area contributed by atoms with Gasteiger partial charge in [0.15, 0.2) is 5.96 Å². The van der Waals surface area contributed by atoms with E-state index in [0.717, 1.165) is 23.0 Å². The van der Waals surface area contributed by atoms with Gasteiger partial charge >= 0.3 is 0 Å². The Bertz CT molecular complexity index is 649. The molecule has 5 nitrogen and oxygen atoms in total. The van der Waals surface area contributed by atoms with Crippen molar-refractivity contribution in [3.05, 3.63) is 47.3 Å². The highest BCUT2D eigenvalue weighted by atomic mass is 127. The highest BCUT2D eigenvalue weighted by molar-refractivity contribution is 14.0. The molecule has 0 bridgehead atoms. The molecule has 0 aliphatic rings. The van der Waals surface area contributed by atoms with Crippen LogP contribution in [0.15, 0.2) is 35.3 Å². The molecule has 0 fully saturated rings. The molecule has 0 spiro atoms. The van der Waals surface area contributed by atoms with Crippen molar-refractivity contribution in [1.82, 2.24) is 19.6 Å². The van der Waals surface area contributed by atoms with E-state index in [1.165, 1.54) is 5.56 Å². The Morgan fingerprint density at radius 3 is 2.13 bits per heavy atom. The molecule has 1 aromatic heterocycles. The summed E-state index contributed by atoms with van der Waals surface area (Å²) >= 11 is 0. The zero-order chi connectivity index (χ0) is 16.3. The standard InChI is InChI=1S/C17H25N5.HI/c1-13-16(12-18-17(20(3)4)21(5)6)14(2)22(19-13)15-10-8-7-9-11-15;/h7-11H,12H2,1-6H3;1H. The molecule has 0 atom stereocenters. The summed E-state index contributed by atoms with van der Waals surface area (Å²) in [6.45, 7) is 4.78. The van der Waals surface area contributed by atoms with Crippen LogP contribution in [-0.2, 0) is 6.54 Å². The molecule has 0 saturated heterocycles. The van der Waals surface area contributed by atoms with Gasteiger partial charge in [0.1, 0.15) is 0 Å². The lowest BCUT2D eigenvalue weighted by molar-refractivity contribution is 0.479. The molecule has 6 heteroatoms. The number of aliphatic imine (C=N–C) groups is 1. The molecular formula is C17H26IN5. The number of nitrogens with zero attached hydrogens (tertiary/aromatic N) is 5. The van der Waals surface area contributed by atoms with Gasteiger partial charge in [-0.25, -0.2) is 9.67 Å². The van der Waals surface area contributed by atoms with Crippen molar-refractivity contribution in [1.29, 1.82) is 0 Å². The molecule has 0 amide bonds. The minimum absolute atomic E-state index is 0. The third kappa shape index (κ3) is 4.46. The number of para-hydroxylation sites is 1. The molecule has 0 N–H and O–H groups in total. The zero-order valence-electron chi connectivity index (χ0n) is 14.7. The van der Waals surface area contributed by atoms with Crippen molar-refractivity contribution < 1.29 is 0 Å². The van der Waals surface area contributed by atoms with Gasteiger partial charge in [-0.1, -0.05) is 18.2 Å². The minimum Gasteiger partial charge on any atom is -0.349 e. The maximum atomic E-state index is 4.74. The van der Waals surface area contributed by atoms with E-state index in [-0.39, 0.29) is 24.0 Å². The van der Waals surface area contributed by atoms with Crippen LogP contribution in [-0.4, -0.2) is 53.7 Å². The number of halogens is 1. The first-order valence-corrected chi connectivity index (χ1v) is 7.41. The monoisotopic (exact) mass is 427 g/mol. The Morgan fingerprint density at radius 1 is 1.04 bits per heavy atom. The SMILES string of the molecule is Cc1nn(-c2ccccc2)c(C)c1CN=C(N(C)C)N(C)C.I. The van der Waals surface area contributed by atoms with Crippen LogP contribution in [0, 0.1) is 13.8 Å². The summed E-state index contributed by atoms with van der Waals surface area (Å²) in [6, 6.07) is 10.2. The van der Waals surface area contributed by atoms with Gasteiger partial charge in [0.25, 0.3) is 0 Å². The van der Waals surface area contributed by atoms with Crippen LogP contribution in [0.3, 0.4) is 0 Å². The average molecular weight is 427 g/mol. The van der Waals surface area contributed by atoms with Crippen LogP contribution in [0.2, 0.25) is 0 Å². The smallest absolute Gasteiger partial charge is 0.195 e. The third-order valence-corrected chi connectivity index (χ3v) is 3.62. The van der Waals surface area contributed by atoms with Crippen LogP contribution in [0.4, 0.5) is 0 Å². The fourth-order valence-electron chi connectivity index (χ4n) is 2.56. The number of aromatic nitrogens is 2. The lowest BCUT2D eigenvalue weighted by Crippen LogP contribution is -2.35. The van der Waals surface area contributed by atoms with E-state index in [1.807, 2.05) is 67.8 Å². The van der Waals surface area contributed by atoms with Crippen molar-refractivity contribution >= 4 is 29.9 Å². The van der Waals surface area contributed by atoms with Gasteiger partial charge in [-0.3, -0.25) is 0 Å². The first-order valence-electron chi connectivity index (χ1n) is 7.41. The Hall–Kier alpha value is -1.57. The maximum absolute atomic E-state index is 4.74. The first kappa shape index (κ1) is 19.5. The lowest BCUT2D eigenvalue weighted by atomic mass is 10.2. The van der Waals surface area contributed by atoms with E-state index in [2.05, 4.69) is 24.2 Å². The summed E-state index contributed by atoms with van der Waals surface area (Å²) in [4.78, 5) is 8.78. The Kier molecular flexibility index (Phi) is 7.05. The summed E-state index contributed by atoms with van der Waals surface area (Å²) < 4.78 is 1.99. The van der Waals surface area contributed by atoms with Crippen molar-refractivity contribution in [2.24, 2.45) is 4.99 Å². The molecule has 1 aromatic carbocycles. The Balaban J connectivity index is 0.00000264. The van der Waals surface area contributed by atoms with Gasteiger partial charge < -0.3 is 9.80 Å². The predicted octanol–water partition coefficient (Wildman–Crippen LogP) is 3.09. The summed E-state index contributed by atoms with van der Waals surface area (Å²) in [5.74, 6) is 0.950. The van der Waals surface area contributed by atoms with Crippen LogP contribution in [0.5, 0.6) is 0 Å². The van der Waals surface area contributed by atoms with E-state index in [4.69, 9.17) is 4.99 Å². The van der Waals surface area contributed by atoms with Gasteiger partial charge in [-0.2, -0.15) is 5.10 Å². The van der Waals surface area contributed by atoms with Gasteiger partial charge in [0.05, 0.1) is 17.9 Å². The quantitative estimate of drug-likeness (QED) is 0.429. The molecule has 2 aromatic rings. The number of hydrogen-bond acceptors (Lipinski definition) is 2. The molecule has 0 radical (unpaired) electrons. The number of guanidine groups is 1. The van der Waals surface area contributed by atoms with E-state index >= 15 is 0 Å². The van der Waals surface area contributed by atoms with E-state index in [0.29, 0.717) is 6.54 Å².